The average molecular weight is 195 g/mol. The highest BCUT2D eigenvalue weighted by atomic mass is 32.1. The molecule has 2 rings (SSSR count). The maximum Gasteiger partial charge on any atom is 0.180 e. The lowest BCUT2D eigenvalue weighted by atomic mass is 10.4. The number of rotatable bonds is 1. The molecule has 2 heterocycles. The van der Waals surface area contributed by atoms with Gasteiger partial charge < -0.3 is 4.57 Å². The Kier molecular flexibility index (Phi) is 1.84. The van der Waals surface area contributed by atoms with Crippen LogP contribution in [0.2, 0.25) is 0 Å². The molecule has 0 saturated carbocycles. The van der Waals surface area contributed by atoms with E-state index in [2.05, 4.69) is 34.2 Å². The molecular formula is C7H9N5S. The number of nitrogens with one attached hydrogen (secondary N) is 1. The summed E-state index contributed by atoms with van der Waals surface area (Å²) in [6, 6.07) is 0.333. The van der Waals surface area contributed by atoms with Crippen molar-refractivity contribution in [3.8, 4) is 0 Å². The molecule has 0 amide bonds. The van der Waals surface area contributed by atoms with Crippen LogP contribution in [0.15, 0.2) is 6.33 Å². The third kappa shape index (κ3) is 1.23. The number of aromatic amines is 1. The monoisotopic (exact) mass is 195 g/mol. The highest BCUT2D eigenvalue weighted by Crippen LogP contribution is 2.13. The van der Waals surface area contributed by atoms with Gasteiger partial charge >= 0.3 is 0 Å². The van der Waals surface area contributed by atoms with E-state index in [1.807, 2.05) is 4.57 Å². The molecule has 13 heavy (non-hydrogen) atoms. The summed E-state index contributed by atoms with van der Waals surface area (Å²) in [6.45, 7) is 4.14. The molecule has 5 nitrogen and oxygen atoms in total. The van der Waals surface area contributed by atoms with Gasteiger partial charge in [-0.15, -0.1) is 5.10 Å². The van der Waals surface area contributed by atoms with Crippen LogP contribution in [0.25, 0.3) is 11.2 Å². The molecule has 0 unspecified atom stereocenters. The first kappa shape index (κ1) is 8.31. The molecule has 0 saturated heterocycles. The first-order valence-electron chi connectivity index (χ1n) is 3.98. The number of imidazole rings is 1. The molecule has 0 aliphatic carbocycles. The van der Waals surface area contributed by atoms with Crippen molar-refractivity contribution in [3.05, 3.63) is 11.0 Å². The molecule has 0 aromatic carbocycles. The molecule has 0 aliphatic heterocycles. The van der Waals surface area contributed by atoms with Gasteiger partial charge in [0.05, 0.1) is 6.33 Å². The molecule has 2 aromatic heterocycles. The van der Waals surface area contributed by atoms with E-state index < -0.39 is 0 Å². The largest absolute Gasteiger partial charge is 0.313 e. The Bertz CT molecular complexity index is 483. The lowest BCUT2D eigenvalue weighted by molar-refractivity contribution is 0.608. The van der Waals surface area contributed by atoms with Gasteiger partial charge in [-0.25, -0.2) is 10.1 Å². The summed E-state index contributed by atoms with van der Waals surface area (Å²) >= 11 is 4.98. The number of aromatic nitrogens is 5. The summed E-state index contributed by atoms with van der Waals surface area (Å²) in [7, 11) is 0. The van der Waals surface area contributed by atoms with Gasteiger partial charge in [0.2, 0.25) is 0 Å². The summed E-state index contributed by atoms with van der Waals surface area (Å²) < 4.78 is 2.41. The fourth-order valence-corrected chi connectivity index (χ4v) is 1.38. The molecule has 0 radical (unpaired) electrons. The molecule has 1 N–H and O–H groups in total. The summed E-state index contributed by atoms with van der Waals surface area (Å²) in [4.78, 5) is 4.16. The van der Waals surface area contributed by atoms with E-state index in [1.165, 1.54) is 0 Å². The summed E-state index contributed by atoms with van der Waals surface area (Å²) in [5.74, 6) is 0. The van der Waals surface area contributed by atoms with Crippen LogP contribution >= 0.6 is 12.2 Å². The number of hydrogen-bond acceptors (Lipinski definition) is 4. The normalized spacial score (nSPS) is 11.3. The topological polar surface area (TPSA) is 59.4 Å². The van der Waals surface area contributed by atoms with E-state index >= 15 is 0 Å². The SMILES string of the molecule is CC(C)n1cnc2c(=S)nn[nH]c21. The van der Waals surface area contributed by atoms with Gasteiger partial charge in [-0.1, -0.05) is 17.4 Å². The van der Waals surface area contributed by atoms with Crippen molar-refractivity contribution in [2.24, 2.45) is 0 Å². The summed E-state index contributed by atoms with van der Waals surface area (Å²) in [5.41, 5.74) is 1.54. The molecule has 0 aliphatic rings. The zero-order valence-corrected chi connectivity index (χ0v) is 8.17. The van der Waals surface area contributed by atoms with E-state index in [0.717, 1.165) is 5.65 Å². The van der Waals surface area contributed by atoms with Gasteiger partial charge in [0, 0.05) is 6.04 Å². The molecular weight excluding hydrogens is 186 g/mol. The quantitative estimate of drug-likeness (QED) is 0.700. The smallest absolute Gasteiger partial charge is 0.180 e. The Hall–Kier alpha value is -1.30. The van der Waals surface area contributed by atoms with Crippen LogP contribution in [0.1, 0.15) is 19.9 Å². The first-order valence-corrected chi connectivity index (χ1v) is 4.39. The van der Waals surface area contributed by atoms with E-state index in [0.29, 0.717) is 16.2 Å². The molecule has 0 spiro atoms. The predicted octanol–water partition coefficient (Wildman–Crippen LogP) is 1.46. The van der Waals surface area contributed by atoms with Crippen LogP contribution < -0.4 is 0 Å². The fraction of sp³-hybridized carbons (Fsp3) is 0.429. The van der Waals surface area contributed by atoms with E-state index in [4.69, 9.17) is 12.2 Å². The minimum absolute atomic E-state index is 0.333. The highest BCUT2D eigenvalue weighted by molar-refractivity contribution is 7.71. The lowest BCUT2D eigenvalue weighted by Gasteiger charge is -2.05. The van der Waals surface area contributed by atoms with Crippen molar-refractivity contribution in [2.75, 3.05) is 0 Å². The van der Waals surface area contributed by atoms with Crippen LogP contribution in [-0.4, -0.2) is 25.0 Å². The zero-order chi connectivity index (χ0) is 9.42. The maximum atomic E-state index is 4.98. The minimum atomic E-state index is 0.333. The van der Waals surface area contributed by atoms with Gasteiger partial charge in [0.25, 0.3) is 0 Å². The van der Waals surface area contributed by atoms with Crippen LogP contribution in [0, 0.1) is 4.64 Å². The second-order valence-corrected chi connectivity index (χ2v) is 3.45. The van der Waals surface area contributed by atoms with Crippen molar-refractivity contribution < 1.29 is 0 Å². The Balaban J connectivity index is 2.83. The van der Waals surface area contributed by atoms with Gasteiger partial charge in [0.15, 0.2) is 10.3 Å². The van der Waals surface area contributed by atoms with Gasteiger partial charge in [-0.3, -0.25) is 0 Å². The van der Waals surface area contributed by atoms with Crippen LogP contribution in [0.5, 0.6) is 0 Å². The molecule has 68 valence electrons. The third-order valence-corrected chi connectivity index (χ3v) is 2.12. The minimum Gasteiger partial charge on any atom is -0.313 e. The van der Waals surface area contributed by atoms with Gasteiger partial charge in [-0.05, 0) is 13.8 Å². The highest BCUT2D eigenvalue weighted by Gasteiger charge is 2.06. The molecule has 0 atom stereocenters. The summed E-state index contributed by atoms with van der Waals surface area (Å²) in [5, 5.41) is 10.2. The summed E-state index contributed by atoms with van der Waals surface area (Å²) in [6.07, 6.45) is 1.74. The van der Waals surface area contributed by atoms with Gasteiger partial charge in [-0.2, -0.15) is 0 Å². The predicted molar refractivity (Wildman–Crippen MR) is 50.9 cm³/mol. The fourth-order valence-electron chi connectivity index (χ4n) is 1.18. The van der Waals surface area contributed by atoms with Crippen LogP contribution in [-0.2, 0) is 0 Å². The number of fused-ring (bicyclic) bond motifs is 1. The molecule has 6 heteroatoms. The van der Waals surface area contributed by atoms with Crippen molar-refractivity contribution >= 4 is 23.4 Å². The Labute approximate surface area is 79.8 Å². The molecule has 0 bridgehead atoms. The Morgan fingerprint density at radius 1 is 1.54 bits per heavy atom. The second kappa shape index (κ2) is 2.88. The van der Waals surface area contributed by atoms with Crippen LogP contribution in [0.3, 0.4) is 0 Å². The van der Waals surface area contributed by atoms with Crippen LogP contribution in [0.4, 0.5) is 0 Å². The average Bonchev–Trinajstić information content (AvgIpc) is 2.48. The van der Waals surface area contributed by atoms with E-state index in [-0.39, 0.29) is 0 Å². The number of H-pyrrole nitrogens is 1. The standard InChI is InChI=1S/C7H9N5S/c1-4(2)12-3-8-5-6(12)9-11-10-7(5)13/h3-4H,1-2H3,(H,9,10,13). The molecule has 2 aromatic rings. The van der Waals surface area contributed by atoms with Crippen molar-refractivity contribution in [1.29, 1.82) is 0 Å². The Morgan fingerprint density at radius 2 is 2.31 bits per heavy atom. The number of hydrogen-bond donors (Lipinski definition) is 1. The zero-order valence-electron chi connectivity index (χ0n) is 7.35. The van der Waals surface area contributed by atoms with Gasteiger partial charge in [0.1, 0.15) is 5.52 Å². The molecule has 0 fully saturated rings. The third-order valence-electron chi connectivity index (χ3n) is 1.85. The lowest BCUT2D eigenvalue weighted by Crippen LogP contribution is -2.01. The van der Waals surface area contributed by atoms with Crippen molar-refractivity contribution in [1.82, 2.24) is 25.0 Å². The maximum absolute atomic E-state index is 4.98. The second-order valence-electron chi connectivity index (χ2n) is 3.06. The number of nitrogens with zero attached hydrogens (tertiary/aromatic N) is 4. The van der Waals surface area contributed by atoms with Crippen molar-refractivity contribution in [3.63, 3.8) is 0 Å². The van der Waals surface area contributed by atoms with Crippen molar-refractivity contribution in [2.45, 2.75) is 19.9 Å². The van der Waals surface area contributed by atoms with E-state index in [9.17, 15) is 0 Å². The van der Waals surface area contributed by atoms with E-state index in [1.54, 1.807) is 6.33 Å². The first-order chi connectivity index (χ1) is 6.20. The Morgan fingerprint density at radius 3 is 3.00 bits per heavy atom.